The first-order valence-electron chi connectivity index (χ1n) is 6.44. The molecule has 3 atom stereocenters. The molecule has 16 heavy (non-hydrogen) atoms. The lowest BCUT2D eigenvalue weighted by atomic mass is 9.81. The minimum atomic E-state index is 0.0827. The van der Waals surface area contributed by atoms with Crippen LogP contribution in [-0.4, -0.2) is 23.9 Å². The highest BCUT2D eigenvalue weighted by Gasteiger charge is 2.62. The number of hydrogen-bond donors (Lipinski definition) is 0. The predicted molar refractivity (Wildman–Crippen MR) is 66.0 cm³/mol. The van der Waals surface area contributed by atoms with Gasteiger partial charge in [-0.3, -0.25) is 4.79 Å². The molecule has 2 fully saturated rings. The Morgan fingerprint density at radius 1 is 1.25 bits per heavy atom. The van der Waals surface area contributed by atoms with Gasteiger partial charge in [0, 0.05) is 19.0 Å². The van der Waals surface area contributed by atoms with Crippen molar-refractivity contribution in [1.82, 2.24) is 4.90 Å². The second-order valence-electron chi connectivity index (χ2n) is 7.37. The van der Waals surface area contributed by atoms with Crippen LogP contribution in [0.1, 0.15) is 41.5 Å². The quantitative estimate of drug-likeness (QED) is 0.669. The molecule has 2 unspecified atom stereocenters. The van der Waals surface area contributed by atoms with Gasteiger partial charge in [0.05, 0.1) is 0 Å². The first-order chi connectivity index (χ1) is 7.15. The van der Waals surface area contributed by atoms with E-state index in [-0.39, 0.29) is 11.3 Å². The van der Waals surface area contributed by atoms with E-state index >= 15 is 0 Å². The van der Waals surface area contributed by atoms with Gasteiger partial charge in [-0.05, 0) is 22.7 Å². The Morgan fingerprint density at radius 2 is 1.69 bits per heavy atom. The fourth-order valence-electron chi connectivity index (χ4n) is 2.96. The maximum absolute atomic E-state index is 12.3. The number of fused-ring (bicyclic) bond motifs is 1. The van der Waals surface area contributed by atoms with Crippen LogP contribution in [0.15, 0.2) is 0 Å². The average molecular weight is 223 g/mol. The molecule has 1 saturated heterocycles. The normalized spacial score (nSPS) is 33.5. The van der Waals surface area contributed by atoms with E-state index in [2.05, 4.69) is 46.4 Å². The molecular formula is C14H25NO. The molecule has 0 aromatic rings. The fourth-order valence-corrected chi connectivity index (χ4v) is 2.96. The summed E-state index contributed by atoms with van der Waals surface area (Å²) in [6, 6.07) is 0. The fraction of sp³-hybridized carbons (Fsp3) is 0.929. The Morgan fingerprint density at radius 3 is 2.06 bits per heavy atom. The molecule has 1 aliphatic heterocycles. The summed E-state index contributed by atoms with van der Waals surface area (Å²) in [7, 11) is 0. The molecule has 0 aromatic heterocycles. The lowest BCUT2D eigenvalue weighted by Gasteiger charge is -2.31. The number of hydrogen-bond acceptors (Lipinski definition) is 1. The highest BCUT2D eigenvalue weighted by atomic mass is 16.2. The Balaban J connectivity index is 1.95. The van der Waals surface area contributed by atoms with Gasteiger partial charge in [-0.15, -0.1) is 0 Å². The van der Waals surface area contributed by atoms with Gasteiger partial charge in [0.1, 0.15) is 0 Å². The molecule has 1 amide bonds. The number of amides is 1. The third-order valence-corrected chi connectivity index (χ3v) is 5.10. The van der Waals surface area contributed by atoms with Gasteiger partial charge in [0.25, 0.3) is 0 Å². The number of nitrogens with zero attached hydrogens (tertiary/aromatic N) is 1. The van der Waals surface area contributed by atoms with Crippen molar-refractivity contribution in [1.29, 1.82) is 0 Å². The van der Waals surface area contributed by atoms with Crippen molar-refractivity contribution >= 4 is 5.91 Å². The number of likely N-dealkylation sites (tertiary alicyclic amines) is 1. The van der Waals surface area contributed by atoms with Crippen molar-refractivity contribution < 1.29 is 4.79 Å². The smallest absolute Gasteiger partial charge is 0.225 e. The number of rotatable bonds is 1. The lowest BCUT2D eigenvalue weighted by molar-refractivity contribution is -0.138. The van der Waals surface area contributed by atoms with Gasteiger partial charge in [-0.25, -0.2) is 0 Å². The van der Waals surface area contributed by atoms with E-state index in [0.29, 0.717) is 11.3 Å². The Bertz CT molecular complexity index is 299. The zero-order valence-electron chi connectivity index (χ0n) is 11.5. The van der Waals surface area contributed by atoms with Crippen molar-refractivity contribution in [3.8, 4) is 0 Å². The van der Waals surface area contributed by atoms with Gasteiger partial charge < -0.3 is 4.90 Å². The maximum atomic E-state index is 12.3. The van der Waals surface area contributed by atoms with Crippen LogP contribution in [0.2, 0.25) is 0 Å². The van der Waals surface area contributed by atoms with Gasteiger partial charge in [0.15, 0.2) is 0 Å². The molecule has 2 rings (SSSR count). The molecule has 2 nitrogen and oxygen atoms in total. The van der Waals surface area contributed by atoms with Crippen LogP contribution >= 0.6 is 0 Å². The first-order valence-corrected chi connectivity index (χ1v) is 6.44. The Kier molecular flexibility index (Phi) is 2.42. The third kappa shape index (κ3) is 1.66. The molecule has 0 bridgehead atoms. The third-order valence-electron chi connectivity index (χ3n) is 5.10. The molecule has 0 radical (unpaired) electrons. The zero-order valence-corrected chi connectivity index (χ0v) is 11.5. The van der Waals surface area contributed by atoms with E-state index in [9.17, 15) is 4.79 Å². The molecule has 2 aliphatic rings. The second-order valence-corrected chi connectivity index (χ2v) is 7.37. The molecule has 0 aromatic carbocycles. The van der Waals surface area contributed by atoms with Crippen molar-refractivity contribution in [2.45, 2.75) is 41.5 Å². The lowest BCUT2D eigenvalue weighted by Crippen LogP contribution is -2.40. The van der Waals surface area contributed by atoms with Crippen LogP contribution in [0.25, 0.3) is 0 Å². The minimum absolute atomic E-state index is 0.0827. The van der Waals surface area contributed by atoms with Crippen LogP contribution in [0.3, 0.4) is 0 Å². The van der Waals surface area contributed by atoms with Gasteiger partial charge in [-0.2, -0.15) is 0 Å². The topological polar surface area (TPSA) is 20.3 Å². The van der Waals surface area contributed by atoms with Gasteiger partial charge in [-0.1, -0.05) is 41.5 Å². The van der Waals surface area contributed by atoms with Crippen LogP contribution in [0, 0.1) is 28.6 Å². The van der Waals surface area contributed by atoms with Crippen LogP contribution in [-0.2, 0) is 4.79 Å². The van der Waals surface area contributed by atoms with Crippen LogP contribution in [0.4, 0.5) is 0 Å². The van der Waals surface area contributed by atoms with E-state index in [1.807, 2.05) is 0 Å². The highest BCUT2D eigenvalue weighted by Crippen LogP contribution is 2.62. The Labute approximate surface area is 99.4 Å². The minimum Gasteiger partial charge on any atom is -0.342 e. The molecule has 92 valence electrons. The summed E-state index contributed by atoms with van der Waals surface area (Å²) in [5.41, 5.74) is 0.584. The summed E-state index contributed by atoms with van der Waals surface area (Å²) in [5, 5.41) is 0. The number of piperidine rings is 1. The van der Waals surface area contributed by atoms with E-state index in [0.717, 1.165) is 24.9 Å². The molecular weight excluding hydrogens is 198 g/mol. The standard InChI is InChI=1S/C14H25NO/c1-9(13(2,3)4)12(16)15-7-10-11(8-15)14(10,5)6/h9-11H,7-8H2,1-6H3/t9?,10-,11?/m0/s1. The van der Waals surface area contributed by atoms with E-state index in [1.54, 1.807) is 0 Å². The molecule has 1 saturated carbocycles. The monoisotopic (exact) mass is 223 g/mol. The number of carbonyl (C=O) groups is 1. The summed E-state index contributed by atoms with van der Waals surface area (Å²) < 4.78 is 0. The van der Waals surface area contributed by atoms with Crippen molar-refractivity contribution in [2.75, 3.05) is 13.1 Å². The molecule has 1 aliphatic carbocycles. The highest BCUT2D eigenvalue weighted by molar-refractivity contribution is 5.79. The van der Waals surface area contributed by atoms with Crippen molar-refractivity contribution in [3.63, 3.8) is 0 Å². The van der Waals surface area contributed by atoms with Gasteiger partial charge >= 0.3 is 0 Å². The van der Waals surface area contributed by atoms with E-state index in [1.165, 1.54) is 0 Å². The summed E-state index contributed by atoms with van der Waals surface area (Å²) >= 11 is 0. The number of carbonyl (C=O) groups excluding carboxylic acids is 1. The molecule has 2 heteroatoms. The van der Waals surface area contributed by atoms with Gasteiger partial charge in [0.2, 0.25) is 5.91 Å². The van der Waals surface area contributed by atoms with Crippen LogP contribution in [0.5, 0.6) is 0 Å². The molecule has 0 N–H and O–H groups in total. The zero-order chi connectivity index (χ0) is 12.3. The largest absolute Gasteiger partial charge is 0.342 e. The van der Waals surface area contributed by atoms with E-state index in [4.69, 9.17) is 0 Å². The summed E-state index contributed by atoms with van der Waals surface area (Å²) in [6.45, 7) is 15.2. The molecule has 0 spiro atoms. The summed E-state index contributed by atoms with van der Waals surface area (Å²) in [6.07, 6.45) is 0. The maximum Gasteiger partial charge on any atom is 0.225 e. The molecule has 1 heterocycles. The van der Waals surface area contributed by atoms with Crippen LogP contribution < -0.4 is 0 Å². The summed E-state index contributed by atoms with van der Waals surface area (Å²) in [4.78, 5) is 14.4. The second kappa shape index (κ2) is 3.24. The van der Waals surface area contributed by atoms with E-state index < -0.39 is 0 Å². The van der Waals surface area contributed by atoms with Crippen molar-refractivity contribution in [3.05, 3.63) is 0 Å². The SMILES string of the molecule is CC(C(=O)N1CC2[C@H](C1)C2(C)C)C(C)(C)C. The first kappa shape index (κ1) is 11.9. The predicted octanol–water partition coefficient (Wildman–Crippen LogP) is 2.78. The Hall–Kier alpha value is -0.530. The summed E-state index contributed by atoms with van der Waals surface area (Å²) in [5.74, 6) is 2.02. The average Bonchev–Trinajstić information content (AvgIpc) is 2.57. The van der Waals surface area contributed by atoms with Crippen molar-refractivity contribution in [2.24, 2.45) is 28.6 Å².